The van der Waals surface area contributed by atoms with Gasteiger partial charge in [-0.25, -0.2) is 4.39 Å². The maximum Gasteiger partial charge on any atom is 0.267 e. The summed E-state index contributed by atoms with van der Waals surface area (Å²) in [5, 5.41) is 7.02. The van der Waals surface area contributed by atoms with Gasteiger partial charge in [0.05, 0.1) is 12.8 Å². The lowest BCUT2D eigenvalue weighted by Crippen LogP contribution is -2.45. The highest BCUT2D eigenvalue weighted by Gasteiger charge is 2.42. The third-order valence-corrected chi connectivity index (χ3v) is 4.60. The first-order chi connectivity index (χ1) is 13.0. The van der Waals surface area contributed by atoms with Crippen molar-refractivity contribution < 1.29 is 18.8 Å². The van der Waals surface area contributed by atoms with Crippen LogP contribution in [-0.2, 0) is 16.1 Å². The molecule has 1 aliphatic rings. The maximum atomic E-state index is 12.9. The number of carbonyl (C=O) groups excluding carboxylic acids is 1. The van der Waals surface area contributed by atoms with E-state index in [9.17, 15) is 9.18 Å². The maximum absolute atomic E-state index is 12.9. The number of aryl methyl sites for hydroxylation is 1. The average molecular weight is 370 g/mol. The van der Waals surface area contributed by atoms with Crippen LogP contribution in [0.4, 0.5) is 4.39 Å². The number of methoxy groups -OCH3 is 1. The zero-order valence-corrected chi connectivity index (χ0v) is 15.5. The Morgan fingerprint density at radius 2 is 2.00 bits per heavy atom. The molecule has 0 radical (unpaired) electrons. The molecule has 1 N–H and O–H groups in total. The molecule has 1 amide bonds. The van der Waals surface area contributed by atoms with Crippen LogP contribution in [0.2, 0.25) is 0 Å². The van der Waals surface area contributed by atoms with E-state index in [-0.39, 0.29) is 11.7 Å². The lowest BCUT2D eigenvalue weighted by atomic mass is 9.94. The number of benzene rings is 2. The fourth-order valence-corrected chi connectivity index (χ4v) is 3.02. The molecule has 0 aromatic heterocycles. The summed E-state index contributed by atoms with van der Waals surface area (Å²) in [6.45, 7) is 2.24. The predicted octanol–water partition coefficient (Wildman–Crippen LogP) is 3.47. The molecule has 2 aromatic rings. The first-order valence-corrected chi connectivity index (χ1v) is 8.93. The normalized spacial score (nSPS) is 18.6. The molecule has 0 aliphatic carbocycles. The third kappa shape index (κ3) is 4.45. The molecule has 0 saturated carbocycles. The molecule has 142 valence electrons. The van der Waals surface area contributed by atoms with E-state index in [4.69, 9.17) is 9.57 Å². The Balaban J connectivity index is 1.51. The molecule has 1 atom stereocenters. The smallest absolute Gasteiger partial charge is 0.267 e. The summed E-state index contributed by atoms with van der Waals surface area (Å²) in [5.74, 6) is 0.253. The number of hydrogen-bond donors (Lipinski definition) is 1. The second-order valence-corrected chi connectivity index (χ2v) is 6.72. The van der Waals surface area contributed by atoms with Gasteiger partial charge in [0.15, 0.2) is 0 Å². The molecule has 0 bridgehead atoms. The lowest BCUT2D eigenvalue weighted by molar-refractivity contribution is -0.141. The van der Waals surface area contributed by atoms with E-state index in [0.717, 1.165) is 24.0 Å². The predicted molar refractivity (Wildman–Crippen MR) is 101 cm³/mol. The first-order valence-electron chi connectivity index (χ1n) is 8.93. The van der Waals surface area contributed by atoms with E-state index in [1.807, 2.05) is 24.3 Å². The second kappa shape index (κ2) is 8.20. The monoisotopic (exact) mass is 370 g/mol. The van der Waals surface area contributed by atoms with Gasteiger partial charge in [-0.1, -0.05) is 29.4 Å². The van der Waals surface area contributed by atoms with E-state index in [2.05, 4.69) is 10.5 Å². The van der Waals surface area contributed by atoms with Gasteiger partial charge in [0, 0.05) is 18.5 Å². The van der Waals surface area contributed by atoms with Gasteiger partial charge in [0.2, 0.25) is 5.60 Å². The lowest BCUT2D eigenvalue weighted by Gasteiger charge is -2.20. The van der Waals surface area contributed by atoms with Crippen molar-refractivity contribution in [3.8, 4) is 5.75 Å². The van der Waals surface area contributed by atoms with Gasteiger partial charge in [0.1, 0.15) is 11.6 Å². The number of oxime groups is 1. The van der Waals surface area contributed by atoms with Gasteiger partial charge in [-0.3, -0.25) is 4.79 Å². The summed E-state index contributed by atoms with van der Waals surface area (Å²) in [6, 6.07) is 13.9. The number of carbonyl (C=O) groups is 1. The van der Waals surface area contributed by atoms with Gasteiger partial charge in [-0.15, -0.1) is 0 Å². The quantitative estimate of drug-likeness (QED) is 0.760. The standard InChI is InChI=1S/C21H23FN2O3/c1-21(14-18(24-27-21)17-7-3-4-8-19(17)26-2)20(25)23-13-5-6-15-9-11-16(22)12-10-15/h3-4,7-12H,5-6,13-14H2,1-2H3,(H,23,25). The van der Waals surface area contributed by atoms with Crippen LogP contribution in [0, 0.1) is 5.82 Å². The Morgan fingerprint density at radius 1 is 1.26 bits per heavy atom. The van der Waals surface area contributed by atoms with Crippen molar-refractivity contribution in [1.82, 2.24) is 5.32 Å². The number of halogens is 1. The largest absolute Gasteiger partial charge is 0.496 e. The number of amides is 1. The molecular weight excluding hydrogens is 347 g/mol. The van der Waals surface area contributed by atoms with Gasteiger partial charge >= 0.3 is 0 Å². The number of rotatable bonds is 7. The van der Waals surface area contributed by atoms with Crippen molar-refractivity contribution in [3.05, 3.63) is 65.5 Å². The van der Waals surface area contributed by atoms with Gasteiger partial charge in [-0.2, -0.15) is 0 Å². The number of nitrogens with one attached hydrogen (secondary N) is 1. The van der Waals surface area contributed by atoms with Gasteiger partial charge in [0.25, 0.3) is 5.91 Å². The molecule has 27 heavy (non-hydrogen) atoms. The fraction of sp³-hybridized carbons (Fsp3) is 0.333. The van der Waals surface area contributed by atoms with Crippen LogP contribution in [0.15, 0.2) is 53.7 Å². The van der Waals surface area contributed by atoms with Crippen molar-refractivity contribution in [3.63, 3.8) is 0 Å². The molecule has 0 fully saturated rings. The Hall–Kier alpha value is -2.89. The molecule has 2 aromatic carbocycles. The third-order valence-electron chi connectivity index (χ3n) is 4.60. The van der Waals surface area contributed by atoms with Crippen molar-refractivity contribution >= 4 is 11.6 Å². The van der Waals surface area contributed by atoms with Crippen LogP contribution in [0.25, 0.3) is 0 Å². The first kappa shape index (κ1) is 18.9. The minimum absolute atomic E-state index is 0.199. The number of ether oxygens (including phenoxy) is 1. The molecule has 0 spiro atoms. The summed E-state index contributed by atoms with van der Waals surface area (Å²) in [7, 11) is 1.60. The summed E-state index contributed by atoms with van der Waals surface area (Å²) < 4.78 is 18.3. The van der Waals surface area contributed by atoms with Crippen molar-refractivity contribution in [2.45, 2.75) is 31.8 Å². The van der Waals surface area contributed by atoms with Crippen LogP contribution in [-0.4, -0.2) is 30.9 Å². The van der Waals surface area contributed by atoms with Crippen molar-refractivity contribution in [2.75, 3.05) is 13.7 Å². The number of nitrogens with zero attached hydrogens (tertiary/aromatic N) is 1. The Kier molecular flexibility index (Phi) is 5.74. The molecule has 0 saturated heterocycles. The minimum atomic E-state index is -1.04. The topological polar surface area (TPSA) is 59.9 Å². The van der Waals surface area contributed by atoms with Crippen LogP contribution < -0.4 is 10.1 Å². The summed E-state index contributed by atoms with van der Waals surface area (Å²) in [5.41, 5.74) is 1.52. The Bertz CT molecular complexity index is 836. The number of hydrogen-bond acceptors (Lipinski definition) is 4. The van der Waals surface area contributed by atoms with Crippen molar-refractivity contribution in [1.29, 1.82) is 0 Å². The number of para-hydroxylation sites is 1. The zero-order chi connectivity index (χ0) is 19.3. The molecule has 1 heterocycles. The fourth-order valence-electron chi connectivity index (χ4n) is 3.02. The summed E-state index contributed by atoms with van der Waals surface area (Å²) >= 11 is 0. The van der Waals surface area contributed by atoms with E-state index in [1.54, 1.807) is 26.2 Å². The summed E-state index contributed by atoms with van der Waals surface area (Å²) in [4.78, 5) is 18.0. The molecule has 1 aliphatic heterocycles. The van der Waals surface area contributed by atoms with E-state index < -0.39 is 5.60 Å². The molecular formula is C21H23FN2O3. The van der Waals surface area contributed by atoms with E-state index in [1.165, 1.54) is 12.1 Å². The highest BCUT2D eigenvalue weighted by Crippen LogP contribution is 2.30. The highest BCUT2D eigenvalue weighted by atomic mass is 19.1. The summed E-state index contributed by atoms with van der Waals surface area (Å²) in [6.07, 6.45) is 1.89. The van der Waals surface area contributed by atoms with Crippen molar-refractivity contribution in [2.24, 2.45) is 5.16 Å². The molecule has 1 unspecified atom stereocenters. The molecule has 3 rings (SSSR count). The highest BCUT2D eigenvalue weighted by molar-refractivity contribution is 6.07. The van der Waals surface area contributed by atoms with Crippen LogP contribution >= 0.6 is 0 Å². The van der Waals surface area contributed by atoms with E-state index in [0.29, 0.717) is 24.4 Å². The van der Waals surface area contributed by atoms with E-state index >= 15 is 0 Å². The second-order valence-electron chi connectivity index (χ2n) is 6.72. The van der Waals surface area contributed by atoms with Gasteiger partial charge in [-0.05, 0) is 49.6 Å². The average Bonchev–Trinajstić information content (AvgIpc) is 3.10. The Labute approximate surface area is 158 Å². The zero-order valence-electron chi connectivity index (χ0n) is 15.5. The Morgan fingerprint density at radius 3 is 2.74 bits per heavy atom. The van der Waals surface area contributed by atoms with Gasteiger partial charge < -0.3 is 14.9 Å². The minimum Gasteiger partial charge on any atom is -0.496 e. The SMILES string of the molecule is COc1ccccc1C1=NOC(C)(C(=O)NCCCc2ccc(F)cc2)C1. The van der Waals surface area contributed by atoms with Crippen LogP contribution in [0.1, 0.15) is 30.9 Å². The van der Waals surface area contributed by atoms with Crippen LogP contribution in [0.3, 0.4) is 0 Å². The van der Waals surface area contributed by atoms with Crippen LogP contribution in [0.5, 0.6) is 5.75 Å². The molecule has 5 nitrogen and oxygen atoms in total. The molecule has 6 heteroatoms.